The molecule has 2 N–H and O–H groups in total. The van der Waals surface area contributed by atoms with E-state index in [1.165, 1.54) is 11.3 Å². The van der Waals surface area contributed by atoms with Crippen LogP contribution in [0.25, 0.3) is 11.0 Å². The van der Waals surface area contributed by atoms with Crippen molar-refractivity contribution in [1.29, 1.82) is 0 Å². The number of amides is 1. The second kappa shape index (κ2) is 6.26. The molecule has 1 aromatic carbocycles. The van der Waals surface area contributed by atoms with Gasteiger partial charge in [-0.25, -0.2) is 15.0 Å². The van der Waals surface area contributed by atoms with Crippen LogP contribution in [0.2, 0.25) is 0 Å². The van der Waals surface area contributed by atoms with E-state index in [4.69, 9.17) is 0 Å². The van der Waals surface area contributed by atoms with Crippen molar-refractivity contribution >= 4 is 56.8 Å². The van der Waals surface area contributed by atoms with Gasteiger partial charge in [0.15, 0.2) is 5.13 Å². The molecular weight excluding hydrogens is 346 g/mol. The first kappa shape index (κ1) is 14.6. The van der Waals surface area contributed by atoms with Crippen LogP contribution in [0.3, 0.4) is 0 Å². The zero-order valence-corrected chi connectivity index (χ0v) is 13.6. The van der Waals surface area contributed by atoms with Crippen LogP contribution in [-0.4, -0.2) is 29.6 Å². The maximum absolute atomic E-state index is 12.4. The molecule has 0 atom stereocenters. The number of thiazole rings is 1. The molecule has 0 saturated carbocycles. The van der Waals surface area contributed by atoms with E-state index in [0.29, 0.717) is 28.0 Å². The van der Waals surface area contributed by atoms with E-state index >= 15 is 0 Å². The summed E-state index contributed by atoms with van der Waals surface area (Å²) in [4.78, 5) is 24.7. The van der Waals surface area contributed by atoms with E-state index in [2.05, 4.69) is 34.3 Å². The second-order valence-electron chi connectivity index (χ2n) is 4.63. The van der Waals surface area contributed by atoms with Crippen molar-refractivity contribution in [3.8, 4) is 0 Å². The first-order valence-electron chi connectivity index (χ1n) is 6.82. The molecule has 0 unspecified atom stereocenters. The summed E-state index contributed by atoms with van der Waals surface area (Å²) in [5, 5.41) is 7.98. The Kier molecular flexibility index (Phi) is 3.81. The summed E-state index contributed by atoms with van der Waals surface area (Å²) in [6.07, 6.45) is 3.25. The van der Waals surface area contributed by atoms with Crippen LogP contribution in [-0.2, 0) is 0 Å². The third kappa shape index (κ3) is 2.92. The minimum Gasteiger partial charge on any atom is -0.319 e. The van der Waals surface area contributed by atoms with E-state index in [9.17, 15) is 4.79 Å². The summed E-state index contributed by atoms with van der Waals surface area (Å²) in [5.41, 5.74) is 2.33. The van der Waals surface area contributed by atoms with Gasteiger partial charge in [-0.2, -0.15) is 8.75 Å². The number of hydrogen-bond acceptors (Lipinski definition) is 9. The highest BCUT2D eigenvalue weighted by Crippen LogP contribution is 2.23. The number of fused-ring (bicyclic) bond motifs is 1. The van der Waals surface area contributed by atoms with Crippen molar-refractivity contribution in [2.24, 2.45) is 0 Å². The van der Waals surface area contributed by atoms with Crippen LogP contribution in [0.5, 0.6) is 0 Å². The highest BCUT2D eigenvalue weighted by Gasteiger charge is 2.14. The van der Waals surface area contributed by atoms with Gasteiger partial charge in [0, 0.05) is 17.8 Å². The summed E-state index contributed by atoms with van der Waals surface area (Å²) in [6.45, 7) is 0. The normalized spacial score (nSPS) is 10.7. The van der Waals surface area contributed by atoms with E-state index in [1.54, 1.807) is 29.9 Å². The van der Waals surface area contributed by atoms with Crippen LogP contribution in [0.4, 0.5) is 16.8 Å². The van der Waals surface area contributed by atoms with Gasteiger partial charge in [0.25, 0.3) is 5.91 Å². The molecular formula is C14H9N7OS2. The standard InChI is InChI=1S/C14H9N7OS2/c22-12(17-8-3-1-4-9-11(8)21-24-20-9)10-7-23-14(18-10)19-13-15-5-2-6-16-13/h1-7H,(H,17,22)(H,15,16,18,19). The van der Waals surface area contributed by atoms with Crippen LogP contribution in [0.1, 0.15) is 10.5 Å². The monoisotopic (exact) mass is 355 g/mol. The van der Waals surface area contributed by atoms with Gasteiger partial charge in [-0.1, -0.05) is 6.07 Å². The number of nitrogens with one attached hydrogen (secondary N) is 2. The molecule has 0 spiro atoms. The molecule has 24 heavy (non-hydrogen) atoms. The molecule has 0 saturated heterocycles. The van der Waals surface area contributed by atoms with Crippen molar-refractivity contribution in [3.63, 3.8) is 0 Å². The number of hydrogen-bond donors (Lipinski definition) is 2. The average molecular weight is 355 g/mol. The van der Waals surface area contributed by atoms with Gasteiger partial charge < -0.3 is 10.6 Å². The first-order valence-corrected chi connectivity index (χ1v) is 8.43. The number of carbonyl (C=O) groups is 1. The smallest absolute Gasteiger partial charge is 0.275 e. The fourth-order valence-electron chi connectivity index (χ4n) is 1.99. The maximum atomic E-state index is 12.4. The van der Waals surface area contributed by atoms with E-state index in [-0.39, 0.29) is 5.91 Å². The summed E-state index contributed by atoms with van der Waals surface area (Å²) < 4.78 is 8.35. The minimum atomic E-state index is -0.311. The van der Waals surface area contributed by atoms with E-state index in [1.807, 2.05) is 12.1 Å². The number of carbonyl (C=O) groups excluding carboxylic acids is 1. The van der Waals surface area contributed by atoms with Crippen LogP contribution in [0.15, 0.2) is 42.0 Å². The Labute approximate surface area is 144 Å². The first-order chi connectivity index (χ1) is 11.8. The number of aromatic nitrogens is 5. The van der Waals surface area contributed by atoms with Crippen LogP contribution in [0, 0.1) is 0 Å². The van der Waals surface area contributed by atoms with Crippen molar-refractivity contribution in [3.05, 3.63) is 47.7 Å². The maximum Gasteiger partial charge on any atom is 0.275 e. The Morgan fingerprint density at radius 3 is 2.83 bits per heavy atom. The van der Waals surface area contributed by atoms with Gasteiger partial charge in [-0.3, -0.25) is 4.79 Å². The Balaban J connectivity index is 1.52. The predicted molar refractivity (Wildman–Crippen MR) is 92.8 cm³/mol. The lowest BCUT2D eigenvalue weighted by Crippen LogP contribution is -2.12. The second-order valence-corrected chi connectivity index (χ2v) is 6.01. The van der Waals surface area contributed by atoms with E-state index < -0.39 is 0 Å². The number of benzene rings is 1. The molecule has 0 radical (unpaired) electrons. The molecule has 0 aliphatic carbocycles. The van der Waals surface area contributed by atoms with Crippen molar-refractivity contribution in [2.45, 2.75) is 0 Å². The summed E-state index contributed by atoms with van der Waals surface area (Å²) in [5.74, 6) is 0.117. The topological polar surface area (TPSA) is 106 Å². The highest BCUT2D eigenvalue weighted by atomic mass is 32.1. The third-order valence-electron chi connectivity index (χ3n) is 3.06. The van der Waals surface area contributed by atoms with Gasteiger partial charge in [0.05, 0.1) is 17.4 Å². The molecule has 0 fully saturated rings. The predicted octanol–water partition coefficient (Wildman–Crippen LogP) is 2.93. The summed E-state index contributed by atoms with van der Waals surface area (Å²) in [6, 6.07) is 7.17. The number of anilines is 3. The molecule has 3 aromatic heterocycles. The van der Waals surface area contributed by atoms with Gasteiger partial charge >= 0.3 is 0 Å². The lowest BCUT2D eigenvalue weighted by molar-refractivity contribution is 0.102. The zero-order chi connectivity index (χ0) is 16.4. The van der Waals surface area contributed by atoms with Gasteiger partial charge in [-0.05, 0) is 18.2 Å². The van der Waals surface area contributed by atoms with Crippen molar-refractivity contribution in [2.75, 3.05) is 10.6 Å². The molecule has 0 bridgehead atoms. The van der Waals surface area contributed by atoms with E-state index in [0.717, 1.165) is 17.2 Å². The number of rotatable bonds is 4. The van der Waals surface area contributed by atoms with Crippen LogP contribution < -0.4 is 10.6 Å². The van der Waals surface area contributed by atoms with Crippen LogP contribution >= 0.6 is 23.1 Å². The lowest BCUT2D eigenvalue weighted by atomic mass is 10.2. The largest absolute Gasteiger partial charge is 0.319 e. The zero-order valence-electron chi connectivity index (χ0n) is 12.0. The Morgan fingerprint density at radius 1 is 1.08 bits per heavy atom. The highest BCUT2D eigenvalue weighted by molar-refractivity contribution is 7.14. The summed E-state index contributed by atoms with van der Waals surface area (Å²) in [7, 11) is 0. The molecule has 3 heterocycles. The molecule has 0 aliphatic heterocycles. The fraction of sp³-hybridized carbons (Fsp3) is 0. The number of nitrogens with zero attached hydrogens (tertiary/aromatic N) is 5. The van der Waals surface area contributed by atoms with Gasteiger partial charge in [0.2, 0.25) is 5.95 Å². The Hall–Kier alpha value is -2.98. The molecule has 10 heteroatoms. The quantitative estimate of drug-likeness (QED) is 0.580. The molecule has 8 nitrogen and oxygen atoms in total. The SMILES string of the molecule is O=C(Nc1cccc2nsnc12)c1csc(Nc2ncccn2)n1. The molecule has 1 amide bonds. The van der Waals surface area contributed by atoms with Crippen molar-refractivity contribution in [1.82, 2.24) is 23.7 Å². The molecule has 118 valence electrons. The van der Waals surface area contributed by atoms with Gasteiger partial charge in [-0.15, -0.1) is 11.3 Å². The fourth-order valence-corrected chi connectivity index (χ4v) is 3.22. The third-order valence-corrected chi connectivity index (χ3v) is 4.36. The van der Waals surface area contributed by atoms with Crippen molar-refractivity contribution < 1.29 is 4.79 Å². The minimum absolute atomic E-state index is 0.304. The lowest BCUT2D eigenvalue weighted by Gasteiger charge is -2.03. The molecule has 4 rings (SSSR count). The Bertz CT molecular complexity index is 998. The molecule has 0 aliphatic rings. The summed E-state index contributed by atoms with van der Waals surface area (Å²) >= 11 is 2.41. The van der Waals surface area contributed by atoms with Gasteiger partial charge in [0.1, 0.15) is 16.7 Å². The molecule has 4 aromatic rings. The average Bonchev–Trinajstić information content (AvgIpc) is 3.25. The Morgan fingerprint density at radius 2 is 1.96 bits per heavy atom.